The minimum atomic E-state index is -0.445. The lowest BCUT2D eigenvalue weighted by Gasteiger charge is -2.18. The lowest BCUT2D eigenvalue weighted by Crippen LogP contribution is -2.40. The molecule has 2 fully saturated rings. The number of thioether (sulfide) groups is 1. The van der Waals surface area contributed by atoms with Gasteiger partial charge in [0.1, 0.15) is 13.2 Å². The monoisotopic (exact) mass is 592 g/mol. The van der Waals surface area contributed by atoms with Crippen molar-refractivity contribution in [1.29, 1.82) is 0 Å². The number of halogens is 1. The van der Waals surface area contributed by atoms with Gasteiger partial charge in [0.2, 0.25) is 5.91 Å². The molecule has 7 nitrogen and oxygen atoms in total. The number of carbonyl (C=O) groups is 3. The summed E-state index contributed by atoms with van der Waals surface area (Å²) in [4.78, 5) is 40.7. The smallest absolute Gasteiger partial charge is 0.294 e. The fourth-order valence-corrected chi connectivity index (χ4v) is 4.93. The predicted molar refractivity (Wildman–Crippen MR) is 140 cm³/mol. The van der Waals surface area contributed by atoms with Crippen molar-refractivity contribution in [1.82, 2.24) is 9.80 Å². The molecule has 0 N–H and O–H groups in total. The number of amides is 3. The molecule has 2 aromatic carbocycles. The average molecular weight is 592 g/mol. The minimum Gasteiger partial charge on any atom is -0.490 e. The Balaban J connectivity index is 1.46. The zero-order valence-electron chi connectivity index (χ0n) is 18.8. The summed E-state index contributed by atoms with van der Waals surface area (Å²) < 4.78 is 12.9. The van der Waals surface area contributed by atoms with Crippen LogP contribution in [0.4, 0.5) is 4.79 Å². The van der Waals surface area contributed by atoms with Gasteiger partial charge in [0.25, 0.3) is 11.1 Å². The number of ether oxygens (including phenoxy) is 2. The lowest BCUT2D eigenvalue weighted by atomic mass is 10.1. The van der Waals surface area contributed by atoms with E-state index in [2.05, 4.69) is 22.6 Å². The molecule has 2 saturated heterocycles. The molecule has 0 spiro atoms. The Bertz CT molecular complexity index is 1110. The fraction of sp³-hybridized carbons (Fsp3) is 0.320. The van der Waals surface area contributed by atoms with Crippen LogP contribution in [0.3, 0.4) is 0 Å². The van der Waals surface area contributed by atoms with E-state index in [1.165, 1.54) is 0 Å². The van der Waals surface area contributed by atoms with Crippen LogP contribution in [0.5, 0.6) is 11.5 Å². The summed E-state index contributed by atoms with van der Waals surface area (Å²) >= 11 is 3.11. The fourth-order valence-electron chi connectivity index (χ4n) is 3.73. The van der Waals surface area contributed by atoms with Crippen LogP contribution in [0.2, 0.25) is 0 Å². The molecule has 2 aromatic rings. The van der Waals surface area contributed by atoms with E-state index in [0.29, 0.717) is 43.4 Å². The van der Waals surface area contributed by atoms with E-state index in [0.717, 1.165) is 38.6 Å². The van der Waals surface area contributed by atoms with Gasteiger partial charge in [-0.25, -0.2) is 0 Å². The molecule has 0 bridgehead atoms. The first-order chi connectivity index (χ1) is 16.4. The summed E-state index contributed by atoms with van der Waals surface area (Å²) in [7, 11) is 0. The van der Waals surface area contributed by atoms with Crippen LogP contribution < -0.4 is 9.47 Å². The summed E-state index contributed by atoms with van der Waals surface area (Å²) in [6.07, 6.45) is 3.57. The molecule has 2 aliphatic heterocycles. The molecule has 2 heterocycles. The first kappa shape index (κ1) is 24.6. The molecule has 34 heavy (non-hydrogen) atoms. The summed E-state index contributed by atoms with van der Waals surface area (Å²) in [6.45, 7) is 3.90. The summed E-state index contributed by atoms with van der Waals surface area (Å²) in [5, 5.41) is -0.425. The van der Waals surface area contributed by atoms with Gasteiger partial charge in [-0.05, 0) is 95.6 Å². The molecule has 0 aromatic heterocycles. The molecule has 0 saturated carbocycles. The lowest BCUT2D eigenvalue weighted by molar-refractivity contribution is -0.135. The van der Waals surface area contributed by atoms with Crippen molar-refractivity contribution in [2.24, 2.45) is 0 Å². The second-order valence-electron chi connectivity index (χ2n) is 7.91. The average Bonchev–Trinajstić information content (AvgIpc) is 3.45. The third-order valence-corrected chi connectivity index (χ3v) is 7.13. The Labute approximate surface area is 216 Å². The minimum absolute atomic E-state index is 0.186. The van der Waals surface area contributed by atoms with Gasteiger partial charge < -0.3 is 14.4 Å². The van der Waals surface area contributed by atoms with Gasteiger partial charge in [0, 0.05) is 16.7 Å². The van der Waals surface area contributed by atoms with Gasteiger partial charge in [-0.1, -0.05) is 18.2 Å². The molecule has 178 valence electrons. The Morgan fingerprint density at radius 1 is 1.06 bits per heavy atom. The Morgan fingerprint density at radius 3 is 2.50 bits per heavy atom. The molecular formula is C25H25IN2O5S. The summed E-state index contributed by atoms with van der Waals surface area (Å²) in [5.74, 6) is 0.529. The quantitative estimate of drug-likeness (QED) is 0.320. The van der Waals surface area contributed by atoms with Crippen LogP contribution in [0.1, 0.15) is 30.9 Å². The van der Waals surface area contributed by atoms with Crippen LogP contribution in [-0.4, -0.2) is 53.1 Å². The Morgan fingerprint density at radius 2 is 1.79 bits per heavy atom. The van der Waals surface area contributed by atoms with Gasteiger partial charge in [-0.2, -0.15) is 0 Å². The number of hydrogen-bond acceptors (Lipinski definition) is 6. The molecular weight excluding hydrogens is 567 g/mol. The predicted octanol–water partition coefficient (Wildman–Crippen LogP) is 4.93. The maximum absolute atomic E-state index is 12.8. The van der Waals surface area contributed by atoms with Gasteiger partial charge in [0.15, 0.2) is 11.5 Å². The van der Waals surface area contributed by atoms with E-state index in [4.69, 9.17) is 9.47 Å². The van der Waals surface area contributed by atoms with Gasteiger partial charge >= 0.3 is 0 Å². The van der Waals surface area contributed by atoms with Crippen LogP contribution in [0.25, 0.3) is 6.08 Å². The van der Waals surface area contributed by atoms with Crippen molar-refractivity contribution < 1.29 is 23.9 Å². The summed E-state index contributed by atoms with van der Waals surface area (Å²) in [5.41, 5.74) is 1.76. The second-order valence-corrected chi connectivity index (χ2v) is 10.1. The third kappa shape index (κ3) is 5.93. The number of imide groups is 1. The zero-order chi connectivity index (χ0) is 24.1. The van der Waals surface area contributed by atoms with Crippen molar-refractivity contribution in [3.8, 4) is 11.5 Å². The van der Waals surface area contributed by atoms with Gasteiger partial charge in [-0.3, -0.25) is 19.3 Å². The normalized spacial score (nSPS) is 17.1. The largest absolute Gasteiger partial charge is 0.490 e. The number of hydrogen-bond donors (Lipinski definition) is 0. The van der Waals surface area contributed by atoms with Crippen LogP contribution in [-0.2, 0) is 16.2 Å². The number of nitrogens with zero attached hydrogens (tertiary/aromatic N) is 2. The standard InChI is InChI=1S/C25H25IN2O5S/c1-2-32-21-13-18(7-10-20(21)33-16-17-5-8-19(26)9-6-17)14-22-24(30)28(25(31)34-22)15-23(29)27-11-3-4-12-27/h5-10,13-14H,2-4,11-12,15-16H2,1H3/b22-14+. The van der Waals surface area contributed by atoms with Crippen LogP contribution >= 0.6 is 34.4 Å². The van der Waals surface area contributed by atoms with Crippen molar-refractivity contribution in [3.05, 3.63) is 62.1 Å². The highest BCUT2D eigenvalue weighted by Crippen LogP contribution is 2.35. The maximum atomic E-state index is 12.8. The number of likely N-dealkylation sites (tertiary alicyclic amines) is 1. The van der Waals surface area contributed by atoms with Crippen molar-refractivity contribution >= 4 is 57.5 Å². The number of rotatable bonds is 8. The Hall–Kier alpha value is -2.53. The Kier molecular flexibility index (Phi) is 8.15. The van der Waals surface area contributed by atoms with Crippen molar-refractivity contribution in [2.45, 2.75) is 26.4 Å². The number of benzene rings is 2. The zero-order valence-corrected chi connectivity index (χ0v) is 21.8. The molecule has 3 amide bonds. The van der Waals surface area contributed by atoms with Gasteiger partial charge in [0.05, 0.1) is 11.5 Å². The van der Waals surface area contributed by atoms with E-state index in [1.54, 1.807) is 23.1 Å². The number of carbonyl (C=O) groups excluding carboxylic acids is 3. The highest BCUT2D eigenvalue weighted by molar-refractivity contribution is 14.1. The van der Waals surface area contributed by atoms with Crippen molar-refractivity contribution in [2.75, 3.05) is 26.2 Å². The molecule has 4 rings (SSSR count). The van der Waals surface area contributed by atoms with Gasteiger partial charge in [-0.15, -0.1) is 0 Å². The molecule has 2 aliphatic rings. The molecule has 0 aliphatic carbocycles. The second kappa shape index (κ2) is 11.3. The molecule has 0 unspecified atom stereocenters. The van der Waals surface area contributed by atoms with Crippen molar-refractivity contribution in [3.63, 3.8) is 0 Å². The van der Waals surface area contributed by atoms with E-state index >= 15 is 0 Å². The van der Waals surface area contributed by atoms with E-state index in [9.17, 15) is 14.4 Å². The topological polar surface area (TPSA) is 76.2 Å². The highest BCUT2D eigenvalue weighted by Gasteiger charge is 2.37. The third-order valence-electron chi connectivity index (χ3n) is 5.50. The van der Waals surface area contributed by atoms with E-state index in [-0.39, 0.29) is 17.4 Å². The van der Waals surface area contributed by atoms with Crippen LogP contribution in [0, 0.1) is 3.57 Å². The van der Waals surface area contributed by atoms with Crippen LogP contribution in [0.15, 0.2) is 47.4 Å². The molecule has 9 heteroatoms. The molecule has 0 atom stereocenters. The first-order valence-electron chi connectivity index (χ1n) is 11.1. The first-order valence-corrected chi connectivity index (χ1v) is 13.0. The SMILES string of the molecule is CCOc1cc(/C=C2/SC(=O)N(CC(=O)N3CCCC3)C2=O)ccc1OCc1ccc(I)cc1. The summed E-state index contributed by atoms with van der Waals surface area (Å²) in [6, 6.07) is 13.5. The molecule has 0 radical (unpaired) electrons. The van der Waals surface area contributed by atoms with E-state index in [1.807, 2.05) is 37.3 Å². The van der Waals surface area contributed by atoms with E-state index < -0.39 is 11.1 Å². The maximum Gasteiger partial charge on any atom is 0.294 e. The highest BCUT2D eigenvalue weighted by atomic mass is 127.